The molecule has 5 heteroatoms. The van der Waals surface area contributed by atoms with Crippen LogP contribution in [0, 0.1) is 5.92 Å². The van der Waals surface area contributed by atoms with Crippen LogP contribution in [0.1, 0.15) is 12.0 Å². The Balaban J connectivity index is 1.93. The van der Waals surface area contributed by atoms with E-state index in [2.05, 4.69) is 22.3 Å². The Hall–Kier alpha value is -1.33. The number of nitrogens with one attached hydrogen (secondary N) is 1. The molecule has 0 spiro atoms. The van der Waals surface area contributed by atoms with Crippen LogP contribution >= 0.6 is 0 Å². The van der Waals surface area contributed by atoms with Gasteiger partial charge in [-0.1, -0.05) is 0 Å². The molecule has 1 fully saturated rings. The summed E-state index contributed by atoms with van der Waals surface area (Å²) in [5, 5.41) is 3.21. The van der Waals surface area contributed by atoms with Gasteiger partial charge in [-0.05, 0) is 0 Å². The molecule has 0 radical (unpaired) electrons. The minimum absolute atomic E-state index is 0.235. The molecule has 19 heavy (non-hydrogen) atoms. The summed E-state index contributed by atoms with van der Waals surface area (Å²) in [4.78, 5) is 13.1. The van der Waals surface area contributed by atoms with E-state index in [0.717, 1.165) is 33.1 Å². The molecule has 0 aromatic heterocycles. The second-order valence-electron chi connectivity index (χ2n) is 5.02. The van der Waals surface area contributed by atoms with Crippen LogP contribution in [0.25, 0.3) is 0 Å². The summed E-state index contributed by atoms with van der Waals surface area (Å²) in [7, 11) is 0.873. The van der Waals surface area contributed by atoms with Gasteiger partial charge in [0, 0.05) is 0 Å². The quantitative estimate of drug-likeness (QED) is 0.577. The minimum atomic E-state index is 0.235. The van der Waals surface area contributed by atoms with Crippen molar-refractivity contribution in [3.05, 3.63) is 35.9 Å². The number of hydrogen-bond acceptors (Lipinski definition) is 4. The Morgan fingerprint density at radius 1 is 1.32 bits per heavy atom. The number of aldehydes is 1. The van der Waals surface area contributed by atoms with E-state index in [1.54, 1.807) is 0 Å². The number of hydrogen-bond donors (Lipinski definition) is 1. The van der Waals surface area contributed by atoms with Crippen LogP contribution in [0.3, 0.4) is 0 Å². The predicted molar refractivity (Wildman–Crippen MR) is 74.1 cm³/mol. The van der Waals surface area contributed by atoms with E-state index >= 15 is 0 Å². The van der Waals surface area contributed by atoms with Crippen LogP contribution in [0.4, 0.5) is 0 Å². The topological polar surface area (TPSA) is 49.4 Å². The van der Waals surface area contributed by atoms with E-state index in [-0.39, 0.29) is 6.04 Å². The number of likely N-dealkylation sites (tertiary alicyclic amines) is 1. The number of carbonyl (C=O) groups excluding carboxylic acids is 1. The van der Waals surface area contributed by atoms with Crippen molar-refractivity contribution in [3.8, 4) is 0 Å². The number of carbonyl (C=O) groups is 1. The molecule has 0 saturated carbocycles. The molecule has 0 aliphatic carbocycles. The SMILES string of the molecule is O=BCN[C@H]1CN(Cc2ccccc2)C[C@@H]1CC=O. The van der Waals surface area contributed by atoms with Crippen molar-refractivity contribution in [2.45, 2.75) is 19.0 Å². The van der Waals surface area contributed by atoms with Crippen LogP contribution in [-0.2, 0) is 16.0 Å². The molecule has 1 aliphatic rings. The molecular formula is C14H19BN2O2. The third-order valence-corrected chi connectivity index (χ3v) is 3.63. The van der Waals surface area contributed by atoms with Crippen molar-refractivity contribution in [1.82, 2.24) is 10.2 Å². The van der Waals surface area contributed by atoms with Gasteiger partial charge < -0.3 is 0 Å². The molecule has 1 aromatic carbocycles. The van der Waals surface area contributed by atoms with Crippen LogP contribution in [0.5, 0.6) is 0 Å². The first-order valence-electron chi connectivity index (χ1n) is 6.70. The van der Waals surface area contributed by atoms with Gasteiger partial charge in [0.2, 0.25) is 0 Å². The van der Waals surface area contributed by atoms with Gasteiger partial charge >= 0.3 is 114 Å². The first kappa shape index (κ1) is 14.1. The summed E-state index contributed by atoms with van der Waals surface area (Å²) in [5.74, 6) is 0.307. The van der Waals surface area contributed by atoms with E-state index < -0.39 is 0 Å². The zero-order valence-corrected chi connectivity index (χ0v) is 11.0. The first-order chi connectivity index (χ1) is 9.33. The van der Waals surface area contributed by atoms with E-state index in [4.69, 9.17) is 0 Å². The van der Waals surface area contributed by atoms with Crippen LogP contribution in [-0.4, -0.2) is 43.9 Å². The number of rotatable bonds is 7. The molecule has 4 nitrogen and oxygen atoms in total. The monoisotopic (exact) mass is 258 g/mol. The summed E-state index contributed by atoms with van der Waals surface area (Å²) < 4.78 is 10.5. The fourth-order valence-corrected chi connectivity index (χ4v) is 2.72. The number of benzene rings is 1. The molecule has 100 valence electrons. The van der Waals surface area contributed by atoms with Crippen LogP contribution < -0.4 is 5.32 Å². The summed E-state index contributed by atoms with van der Waals surface area (Å²) in [6, 6.07) is 10.5. The maximum absolute atomic E-state index is 10.7. The molecule has 0 bridgehead atoms. The van der Waals surface area contributed by atoms with Crippen molar-refractivity contribution in [2.75, 3.05) is 19.5 Å². The average Bonchev–Trinajstić information content (AvgIpc) is 2.80. The van der Waals surface area contributed by atoms with Crippen molar-refractivity contribution >= 4 is 13.4 Å². The third-order valence-electron chi connectivity index (χ3n) is 3.63. The Bertz CT molecular complexity index is 413. The molecule has 2 atom stereocenters. The normalized spacial score (nSPS) is 23.2. The molecule has 0 amide bonds. The number of nitrogens with zero attached hydrogens (tertiary/aromatic N) is 1. The van der Waals surface area contributed by atoms with Crippen LogP contribution in [0.2, 0.25) is 0 Å². The van der Waals surface area contributed by atoms with Gasteiger partial charge in [-0.25, -0.2) is 0 Å². The maximum atomic E-state index is 10.7. The Morgan fingerprint density at radius 3 is 2.79 bits per heavy atom. The van der Waals surface area contributed by atoms with Gasteiger partial charge in [0.1, 0.15) is 0 Å². The van der Waals surface area contributed by atoms with Gasteiger partial charge in [0.15, 0.2) is 0 Å². The van der Waals surface area contributed by atoms with E-state index in [9.17, 15) is 9.50 Å². The molecule has 1 aromatic rings. The second-order valence-corrected chi connectivity index (χ2v) is 5.02. The molecule has 2 rings (SSSR count). The summed E-state index contributed by atoms with van der Waals surface area (Å²) in [5.41, 5.74) is 1.28. The van der Waals surface area contributed by atoms with E-state index in [1.807, 2.05) is 18.2 Å². The van der Waals surface area contributed by atoms with Gasteiger partial charge in [0.05, 0.1) is 0 Å². The molecule has 1 N–H and O–H groups in total. The van der Waals surface area contributed by atoms with Gasteiger partial charge in [-0.3, -0.25) is 0 Å². The molecule has 1 saturated heterocycles. The van der Waals surface area contributed by atoms with Crippen molar-refractivity contribution in [3.63, 3.8) is 0 Å². The summed E-state index contributed by atoms with van der Waals surface area (Å²) in [6.07, 6.45) is 1.90. The fourth-order valence-electron chi connectivity index (χ4n) is 2.72. The fraction of sp³-hybridized carbons (Fsp3) is 0.500. The van der Waals surface area contributed by atoms with Crippen molar-refractivity contribution in [2.24, 2.45) is 5.92 Å². The van der Waals surface area contributed by atoms with Crippen molar-refractivity contribution < 1.29 is 9.50 Å². The zero-order valence-electron chi connectivity index (χ0n) is 11.0. The first-order valence-corrected chi connectivity index (χ1v) is 6.70. The second kappa shape index (κ2) is 7.31. The predicted octanol–water partition coefficient (Wildman–Crippen LogP) is 0.673. The summed E-state index contributed by atoms with van der Waals surface area (Å²) in [6.45, 7) is 2.70. The van der Waals surface area contributed by atoms with Gasteiger partial charge in [-0.15, -0.1) is 0 Å². The molecule has 1 heterocycles. The molecule has 1 aliphatic heterocycles. The summed E-state index contributed by atoms with van der Waals surface area (Å²) >= 11 is 0. The Labute approximate surface area is 114 Å². The Morgan fingerprint density at radius 2 is 2.11 bits per heavy atom. The van der Waals surface area contributed by atoms with Gasteiger partial charge in [0.25, 0.3) is 0 Å². The molecular weight excluding hydrogens is 239 g/mol. The molecule has 0 unspecified atom stereocenters. The average molecular weight is 258 g/mol. The van der Waals surface area contributed by atoms with Crippen LogP contribution in [0.15, 0.2) is 30.3 Å². The third kappa shape index (κ3) is 4.08. The van der Waals surface area contributed by atoms with E-state index in [0.29, 0.717) is 18.8 Å². The standard InChI is InChI=1S/C14H19BN2O2/c18-7-6-13-9-17(10-14(13)16-11-15-19)8-12-4-2-1-3-5-12/h1-5,7,13-14,16H,6,8-11H2/t13-,14-/m0/s1. The van der Waals surface area contributed by atoms with Gasteiger partial charge in [-0.2, -0.15) is 0 Å². The van der Waals surface area contributed by atoms with E-state index in [1.165, 1.54) is 5.56 Å². The van der Waals surface area contributed by atoms with Crippen molar-refractivity contribution in [1.29, 1.82) is 0 Å². The zero-order chi connectivity index (χ0) is 13.5. The Kier molecular flexibility index (Phi) is 5.42.